The molecule has 7 heteroatoms. The second kappa shape index (κ2) is 9.05. The van der Waals surface area contributed by atoms with E-state index in [1.54, 1.807) is 4.90 Å². The lowest BCUT2D eigenvalue weighted by Crippen LogP contribution is -2.49. The Labute approximate surface area is 147 Å². The number of nitrogens with zero attached hydrogens (tertiary/aromatic N) is 1. The lowest BCUT2D eigenvalue weighted by Gasteiger charge is -2.32. The van der Waals surface area contributed by atoms with Gasteiger partial charge in [-0.1, -0.05) is 18.2 Å². The van der Waals surface area contributed by atoms with Crippen molar-refractivity contribution < 1.29 is 19.5 Å². The Morgan fingerprint density at radius 2 is 1.88 bits per heavy atom. The van der Waals surface area contributed by atoms with Gasteiger partial charge >= 0.3 is 12.0 Å². The second-order valence-corrected chi connectivity index (χ2v) is 6.28. The van der Waals surface area contributed by atoms with E-state index < -0.39 is 5.97 Å². The monoisotopic (exact) mass is 347 g/mol. The largest absolute Gasteiger partial charge is 0.481 e. The Bertz CT molecular complexity index is 625. The molecule has 0 unspecified atom stereocenters. The van der Waals surface area contributed by atoms with E-state index >= 15 is 0 Å². The van der Waals surface area contributed by atoms with Crippen molar-refractivity contribution in [1.82, 2.24) is 15.5 Å². The topological polar surface area (TPSA) is 98.7 Å². The highest BCUT2D eigenvalue weighted by Crippen LogP contribution is 2.13. The van der Waals surface area contributed by atoms with Crippen molar-refractivity contribution in [1.29, 1.82) is 0 Å². The molecule has 136 valence electrons. The maximum absolute atomic E-state index is 12.3. The van der Waals surface area contributed by atoms with Gasteiger partial charge in [-0.05, 0) is 37.8 Å². The summed E-state index contributed by atoms with van der Waals surface area (Å²) in [6.07, 6.45) is 1.89. The number of carbonyl (C=O) groups excluding carboxylic acids is 2. The second-order valence-electron chi connectivity index (χ2n) is 6.28. The van der Waals surface area contributed by atoms with Crippen LogP contribution in [0, 0.1) is 6.92 Å². The number of nitrogens with one attached hydrogen (secondary N) is 2. The fourth-order valence-corrected chi connectivity index (χ4v) is 2.86. The molecule has 1 fully saturated rings. The van der Waals surface area contributed by atoms with E-state index in [0.717, 1.165) is 5.56 Å². The SMILES string of the molecule is Cc1ccccc1C(=O)NC1CCN(C(=O)NCCCC(=O)O)CC1. The normalized spacial score (nSPS) is 14.8. The molecule has 0 radical (unpaired) electrons. The summed E-state index contributed by atoms with van der Waals surface area (Å²) in [5.41, 5.74) is 1.62. The van der Waals surface area contributed by atoms with Gasteiger partial charge in [0.2, 0.25) is 0 Å². The molecular formula is C18H25N3O4. The van der Waals surface area contributed by atoms with Crippen LogP contribution in [0.5, 0.6) is 0 Å². The highest BCUT2D eigenvalue weighted by atomic mass is 16.4. The highest BCUT2D eigenvalue weighted by molar-refractivity contribution is 5.95. The number of urea groups is 1. The summed E-state index contributed by atoms with van der Waals surface area (Å²) in [6.45, 7) is 3.41. The third-order valence-electron chi connectivity index (χ3n) is 4.35. The number of carboxylic acids is 1. The fraction of sp³-hybridized carbons (Fsp3) is 0.500. The molecule has 1 aromatic carbocycles. The van der Waals surface area contributed by atoms with E-state index in [1.807, 2.05) is 31.2 Å². The third-order valence-corrected chi connectivity index (χ3v) is 4.35. The summed E-state index contributed by atoms with van der Waals surface area (Å²) in [7, 11) is 0. The van der Waals surface area contributed by atoms with Crippen LogP contribution < -0.4 is 10.6 Å². The molecule has 0 aromatic heterocycles. The summed E-state index contributed by atoms with van der Waals surface area (Å²) in [6, 6.07) is 7.35. The first kappa shape index (κ1) is 18.8. The van der Waals surface area contributed by atoms with Gasteiger partial charge in [0.1, 0.15) is 0 Å². The molecule has 1 aliphatic rings. The van der Waals surface area contributed by atoms with Gasteiger partial charge in [-0.2, -0.15) is 0 Å². The predicted molar refractivity (Wildman–Crippen MR) is 93.5 cm³/mol. The molecular weight excluding hydrogens is 322 g/mol. The minimum atomic E-state index is -0.862. The number of rotatable bonds is 6. The number of aryl methyl sites for hydroxylation is 1. The van der Waals surface area contributed by atoms with Gasteiger partial charge < -0.3 is 20.6 Å². The van der Waals surface area contributed by atoms with Crippen LogP contribution in [-0.4, -0.2) is 53.6 Å². The molecule has 25 heavy (non-hydrogen) atoms. The number of piperidine rings is 1. The Hall–Kier alpha value is -2.57. The van der Waals surface area contributed by atoms with E-state index in [2.05, 4.69) is 10.6 Å². The number of hydrogen-bond donors (Lipinski definition) is 3. The number of likely N-dealkylation sites (tertiary alicyclic amines) is 1. The maximum Gasteiger partial charge on any atom is 0.317 e. The molecule has 1 aromatic rings. The molecule has 0 bridgehead atoms. The smallest absolute Gasteiger partial charge is 0.317 e. The van der Waals surface area contributed by atoms with Crippen molar-refractivity contribution in [3.8, 4) is 0 Å². The van der Waals surface area contributed by atoms with Crippen molar-refractivity contribution in [3.63, 3.8) is 0 Å². The maximum atomic E-state index is 12.3. The summed E-state index contributed by atoms with van der Waals surface area (Å²) in [4.78, 5) is 36.5. The Morgan fingerprint density at radius 1 is 1.20 bits per heavy atom. The molecule has 0 aliphatic carbocycles. The molecule has 0 spiro atoms. The number of carboxylic acid groups (broad SMARTS) is 1. The van der Waals surface area contributed by atoms with Gasteiger partial charge in [-0.15, -0.1) is 0 Å². The number of aliphatic carboxylic acids is 1. The molecule has 1 saturated heterocycles. The van der Waals surface area contributed by atoms with Gasteiger partial charge in [0.15, 0.2) is 0 Å². The van der Waals surface area contributed by atoms with Crippen molar-refractivity contribution in [2.75, 3.05) is 19.6 Å². The quantitative estimate of drug-likeness (QED) is 0.683. The van der Waals surface area contributed by atoms with E-state index in [0.29, 0.717) is 44.5 Å². The van der Waals surface area contributed by atoms with Crippen LogP contribution in [0.15, 0.2) is 24.3 Å². The predicted octanol–water partition coefficient (Wildman–Crippen LogP) is 1.76. The first-order valence-electron chi connectivity index (χ1n) is 8.58. The van der Waals surface area contributed by atoms with E-state index in [9.17, 15) is 14.4 Å². The molecule has 1 aliphatic heterocycles. The third kappa shape index (κ3) is 5.77. The molecule has 0 atom stereocenters. The van der Waals surface area contributed by atoms with Crippen LogP contribution in [0.25, 0.3) is 0 Å². The van der Waals surface area contributed by atoms with E-state index in [1.165, 1.54) is 0 Å². The summed E-state index contributed by atoms with van der Waals surface area (Å²) in [5.74, 6) is -0.936. The highest BCUT2D eigenvalue weighted by Gasteiger charge is 2.24. The van der Waals surface area contributed by atoms with E-state index in [-0.39, 0.29) is 24.4 Å². The van der Waals surface area contributed by atoms with E-state index in [4.69, 9.17) is 5.11 Å². The average Bonchev–Trinajstić information content (AvgIpc) is 2.59. The summed E-state index contributed by atoms with van der Waals surface area (Å²) < 4.78 is 0. The Balaban J connectivity index is 1.72. The van der Waals surface area contributed by atoms with Crippen LogP contribution in [0.1, 0.15) is 41.6 Å². The zero-order valence-corrected chi connectivity index (χ0v) is 14.5. The first-order valence-corrected chi connectivity index (χ1v) is 8.58. The van der Waals surface area contributed by atoms with Crippen LogP contribution >= 0.6 is 0 Å². The molecule has 3 N–H and O–H groups in total. The standard InChI is InChI=1S/C18H25N3O4/c1-13-5-2-3-6-15(13)17(24)20-14-8-11-21(12-9-14)18(25)19-10-4-7-16(22)23/h2-3,5-6,14H,4,7-12H2,1H3,(H,19,25)(H,20,24)(H,22,23). The lowest BCUT2D eigenvalue weighted by atomic mass is 10.0. The lowest BCUT2D eigenvalue weighted by molar-refractivity contribution is -0.137. The summed E-state index contributed by atoms with van der Waals surface area (Å²) in [5, 5.41) is 14.3. The molecule has 3 amide bonds. The molecule has 0 saturated carbocycles. The Morgan fingerprint density at radius 3 is 2.52 bits per heavy atom. The minimum Gasteiger partial charge on any atom is -0.481 e. The van der Waals surface area contributed by atoms with Crippen LogP contribution in [0.2, 0.25) is 0 Å². The van der Waals surface area contributed by atoms with Crippen LogP contribution in [0.4, 0.5) is 4.79 Å². The summed E-state index contributed by atoms with van der Waals surface area (Å²) >= 11 is 0. The zero-order chi connectivity index (χ0) is 18.2. The van der Waals surface area contributed by atoms with Crippen molar-refractivity contribution in [2.45, 2.75) is 38.6 Å². The molecule has 7 nitrogen and oxygen atoms in total. The fourth-order valence-electron chi connectivity index (χ4n) is 2.86. The van der Waals surface area contributed by atoms with Crippen LogP contribution in [0.3, 0.4) is 0 Å². The number of benzene rings is 1. The minimum absolute atomic E-state index is 0.0489. The van der Waals surface area contributed by atoms with Gasteiger partial charge in [-0.25, -0.2) is 4.79 Å². The Kier molecular flexibility index (Phi) is 6.80. The zero-order valence-electron chi connectivity index (χ0n) is 14.5. The molecule has 1 heterocycles. The van der Waals surface area contributed by atoms with Gasteiger partial charge in [-0.3, -0.25) is 9.59 Å². The van der Waals surface area contributed by atoms with Gasteiger partial charge in [0, 0.05) is 37.7 Å². The van der Waals surface area contributed by atoms with Gasteiger partial charge in [0.25, 0.3) is 5.91 Å². The molecule has 2 rings (SSSR count). The average molecular weight is 347 g/mol. The first-order chi connectivity index (χ1) is 12.0. The van der Waals surface area contributed by atoms with Crippen molar-refractivity contribution >= 4 is 17.9 Å². The van der Waals surface area contributed by atoms with Crippen LogP contribution in [-0.2, 0) is 4.79 Å². The van der Waals surface area contributed by atoms with Crippen molar-refractivity contribution in [3.05, 3.63) is 35.4 Å². The van der Waals surface area contributed by atoms with Gasteiger partial charge in [0.05, 0.1) is 0 Å². The number of amides is 3. The number of carbonyl (C=O) groups is 3. The number of hydrogen-bond acceptors (Lipinski definition) is 3. The van der Waals surface area contributed by atoms with Crippen molar-refractivity contribution in [2.24, 2.45) is 0 Å².